The van der Waals surface area contributed by atoms with Crippen LogP contribution in [0.3, 0.4) is 0 Å². The van der Waals surface area contributed by atoms with Gasteiger partial charge in [-0.25, -0.2) is 4.68 Å². The summed E-state index contributed by atoms with van der Waals surface area (Å²) in [6.07, 6.45) is 0. The quantitative estimate of drug-likeness (QED) is 0.664. The van der Waals surface area contributed by atoms with Crippen molar-refractivity contribution in [3.63, 3.8) is 0 Å². The predicted octanol–water partition coefficient (Wildman–Crippen LogP) is 2.69. The van der Waals surface area contributed by atoms with Crippen molar-refractivity contribution in [3.05, 3.63) is 72.4 Å². The molecule has 28 heavy (non-hydrogen) atoms. The molecule has 1 aromatic heterocycles. The molecule has 0 saturated carbocycles. The highest BCUT2D eigenvalue weighted by molar-refractivity contribution is 5.94. The van der Waals surface area contributed by atoms with E-state index in [2.05, 4.69) is 15.7 Å². The van der Waals surface area contributed by atoms with Crippen molar-refractivity contribution in [2.45, 2.75) is 6.92 Å². The third-order valence-corrected chi connectivity index (χ3v) is 3.98. The third-order valence-electron chi connectivity index (χ3n) is 3.98. The van der Waals surface area contributed by atoms with Crippen molar-refractivity contribution in [3.8, 4) is 5.69 Å². The molecule has 1 heterocycles. The number of amides is 2. The number of para-hydroxylation sites is 2. The van der Waals surface area contributed by atoms with Gasteiger partial charge in [-0.3, -0.25) is 14.5 Å². The molecule has 0 bridgehead atoms. The Kier molecular flexibility index (Phi) is 6.18. The van der Waals surface area contributed by atoms with E-state index in [1.54, 1.807) is 16.6 Å². The maximum absolute atomic E-state index is 12.4. The topological polar surface area (TPSA) is 79.3 Å². The largest absolute Gasteiger partial charge is 0.325 e. The molecule has 0 spiro atoms. The Balaban J connectivity index is 1.56. The monoisotopic (exact) mass is 377 g/mol. The van der Waals surface area contributed by atoms with Crippen LogP contribution in [-0.2, 0) is 9.59 Å². The van der Waals surface area contributed by atoms with Gasteiger partial charge in [0.1, 0.15) is 5.82 Å². The van der Waals surface area contributed by atoms with Crippen LogP contribution in [0.4, 0.5) is 11.5 Å². The van der Waals surface area contributed by atoms with Crippen molar-refractivity contribution in [1.82, 2.24) is 14.7 Å². The maximum atomic E-state index is 12.4. The summed E-state index contributed by atoms with van der Waals surface area (Å²) in [4.78, 5) is 26.2. The molecule has 3 rings (SSSR count). The Morgan fingerprint density at radius 3 is 2.14 bits per heavy atom. The van der Waals surface area contributed by atoms with Gasteiger partial charge in [0.2, 0.25) is 11.8 Å². The first kappa shape index (κ1) is 19.3. The molecule has 2 amide bonds. The molecular formula is C21H23N5O2. The van der Waals surface area contributed by atoms with Gasteiger partial charge in [0, 0.05) is 11.8 Å². The van der Waals surface area contributed by atoms with E-state index < -0.39 is 0 Å². The van der Waals surface area contributed by atoms with Crippen LogP contribution in [-0.4, -0.2) is 46.6 Å². The Morgan fingerprint density at radius 2 is 1.50 bits per heavy atom. The summed E-state index contributed by atoms with van der Waals surface area (Å²) in [7, 11) is 1.73. The number of rotatable bonds is 7. The number of likely N-dealkylation sites (N-methyl/N-ethyl adjacent to an activating group) is 1. The van der Waals surface area contributed by atoms with Gasteiger partial charge in [-0.05, 0) is 38.2 Å². The van der Waals surface area contributed by atoms with Gasteiger partial charge in [0.25, 0.3) is 0 Å². The van der Waals surface area contributed by atoms with Crippen molar-refractivity contribution >= 4 is 23.3 Å². The fourth-order valence-electron chi connectivity index (χ4n) is 2.81. The average molecular weight is 377 g/mol. The van der Waals surface area contributed by atoms with E-state index in [0.717, 1.165) is 17.1 Å². The highest BCUT2D eigenvalue weighted by atomic mass is 16.2. The molecule has 0 aliphatic rings. The molecule has 0 aliphatic carbocycles. The van der Waals surface area contributed by atoms with Crippen LogP contribution in [0, 0.1) is 6.92 Å². The Morgan fingerprint density at radius 1 is 0.929 bits per heavy atom. The zero-order chi connectivity index (χ0) is 19.9. The second-order valence-electron chi connectivity index (χ2n) is 6.55. The minimum absolute atomic E-state index is 0.0846. The van der Waals surface area contributed by atoms with Crippen LogP contribution in [0.1, 0.15) is 5.69 Å². The number of hydrogen-bond donors (Lipinski definition) is 2. The van der Waals surface area contributed by atoms with Gasteiger partial charge in [0.05, 0.1) is 24.5 Å². The van der Waals surface area contributed by atoms with Crippen molar-refractivity contribution < 1.29 is 9.59 Å². The van der Waals surface area contributed by atoms with E-state index in [9.17, 15) is 9.59 Å². The van der Waals surface area contributed by atoms with Crippen LogP contribution in [0.25, 0.3) is 5.69 Å². The summed E-state index contributed by atoms with van der Waals surface area (Å²) in [5.41, 5.74) is 2.39. The third kappa shape index (κ3) is 5.28. The number of carbonyl (C=O) groups is 2. The smallest absolute Gasteiger partial charge is 0.239 e. The maximum Gasteiger partial charge on any atom is 0.239 e. The number of nitrogens with one attached hydrogen (secondary N) is 2. The van der Waals surface area contributed by atoms with Gasteiger partial charge < -0.3 is 10.6 Å². The SMILES string of the molecule is Cc1cc(NC(=O)CN(C)CC(=O)Nc2ccccc2)n(-c2ccccc2)n1. The van der Waals surface area contributed by atoms with Gasteiger partial charge >= 0.3 is 0 Å². The summed E-state index contributed by atoms with van der Waals surface area (Å²) < 4.78 is 1.69. The second kappa shape index (κ2) is 8.96. The number of aromatic nitrogens is 2. The summed E-state index contributed by atoms with van der Waals surface area (Å²) in [6.45, 7) is 2.07. The van der Waals surface area contributed by atoms with E-state index in [0.29, 0.717) is 5.82 Å². The lowest BCUT2D eigenvalue weighted by molar-refractivity contribution is -0.119. The minimum Gasteiger partial charge on any atom is -0.325 e. The first-order valence-electron chi connectivity index (χ1n) is 8.96. The van der Waals surface area contributed by atoms with Crippen LogP contribution in [0.2, 0.25) is 0 Å². The lowest BCUT2D eigenvalue weighted by Gasteiger charge is -2.16. The Hall–Kier alpha value is -3.45. The zero-order valence-corrected chi connectivity index (χ0v) is 15.9. The molecule has 7 nitrogen and oxygen atoms in total. The fraction of sp³-hybridized carbons (Fsp3) is 0.190. The normalized spacial score (nSPS) is 10.7. The van der Waals surface area contributed by atoms with Crippen molar-refractivity contribution in [2.24, 2.45) is 0 Å². The lowest BCUT2D eigenvalue weighted by Crippen LogP contribution is -2.36. The van der Waals surface area contributed by atoms with Gasteiger partial charge in [0.15, 0.2) is 0 Å². The van der Waals surface area contributed by atoms with Gasteiger partial charge in [-0.15, -0.1) is 0 Å². The first-order valence-corrected chi connectivity index (χ1v) is 8.96. The molecule has 0 fully saturated rings. The van der Waals surface area contributed by atoms with E-state index in [4.69, 9.17) is 0 Å². The number of benzene rings is 2. The standard InChI is InChI=1S/C21H23N5O2/c1-16-13-19(26(24-16)18-11-7-4-8-12-18)23-21(28)15-25(2)14-20(27)22-17-9-5-3-6-10-17/h3-13H,14-15H2,1-2H3,(H,22,27)(H,23,28). The van der Waals surface area contributed by atoms with Crippen molar-refractivity contribution in [1.29, 1.82) is 0 Å². The number of anilines is 2. The highest BCUT2D eigenvalue weighted by Gasteiger charge is 2.14. The summed E-state index contributed by atoms with van der Waals surface area (Å²) in [6, 6.07) is 20.6. The second-order valence-corrected chi connectivity index (χ2v) is 6.55. The van der Waals surface area contributed by atoms with E-state index in [1.807, 2.05) is 73.7 Å². The number of carbonyl (C=O) groups excluding carboxylic acids is 2. The highest BCUT2D eigenvalue weighted by Crippen LogP contribution is 2.16. The van der Waals surface area contributed by atoms with E-state index in [1.165, 1.54) is 0 Å². The fourth-order valence-corrected chi connectivity index (χ4v) is 2.81. The van der Waals surface area contributed by atoms with E-state index >= 15 is 0 Å². The number of nitrogens with zero attached hydrogens (tertiary/aromatic N) is 3. The van der Waals surface area contributed by atoms with Crippen molar-refractivity contribution in [2.75, 3.05) is 30.8 Å². The Labute approximate surface area is 164 Å². The zero-order valence-electron chi connectivity index (χ0n) is 15.9. The number of aryl methyl sites for hydroxylation is 1. The summed E-state index contributed by atoms with van der Waals surface area (Å²) >= 11 is 0. The predicted molar refractivity (Wildman–Crippen MR) is 109 cm³/mol. The number of hydrogen-bond acceptors (Lipinski definition) is 4. The first-order chi connectivity index (χ1) is 13.5. The molecule has 7 heteroatoms. The lowest BCUT2D eigenvalue weighted by atomic mass is 10.3. The van der Waals surface area contributed by atoms with Gasteiger partial charge in [-0.2, -0.15) is 5.10 Å². The molecule has 2 aromatic carbocycles. The summed E-state index contributed by atoms with van der Waals surface area (Å²) in [5.74, 6) is 0.203. The van der Waals surface area contributed by atoms with Crippen LogP contribution in [0.5, 0.6) is 0 Å². The molecule has 0 saturated heterocycles. The molecule has 144 valence electrons. The van der Waals surface area contributed by atoms with Crippen LogP contribution < -0.4 is 10.6 Å². The molecule has 0 unspecified atom stereocenters. The average Bonchev–Trinajstić information content (AvgIpc) is 3.02. The molecular weight excluding hydrogens is 354 g/mol. The van der Waals surface area contributed by atoms with Crippen LogP contribution in [0.15, 0.2) is 66.7 Å². The Bertz CT molecular complexity index is 938. The molecule has 0 radical (unpaired) electrons. The van der Waals surface area contributed by atoms with Crippen LogP contribution >= 0.6 is 0 Å². The molecule has 2 N–H and O–H groups in total. The summed E-state index contributed by atoms with van der Waals surface area (Å²) in [5, 5.41) is 10.1. The molecule has 0 atom stereocenters. The molecule has 0 aliphatic heterocycles. The van der Waals surface area contributed by atoms with Gasteiger partial charge in [-0.1, -0.05) is 36.4 Å². The molecule has 3 aromatic rings. The minimum atomic E-state index is -0.216. The van der Waals surface area contributed by atoms with E-state index in [-0.39, 0.29) is 24.9 Å².